The van der Waals surface area contributed by atoms with Crippen LogP contribution < -0.4 is 0 Å². The van der Waals surface area contributed by atoms with Gasteiger partial charge in [0.2, 0.25) is 0 Å². The molecule has 0 radical (unpaired) electrons. The molecule has 1 saturated carbocycles. The standard InChI is InChI=1S/C15H29NO/c1-11(2)14-6-7-16(10-15(14,3)4)12-8-13(9-12)17-5/h11-14H,6-10H2,1-5H3/t12?,13?,14-/m1/s1. The maximum Gasteiger partial charge on any atom is 0.0601 e. The van der Waals surface area contributed by atoms with Crippen molar-refractivity contribution < 1.29 is 4.74 Å². The second-order valence-electron chi connectivity index (χ2n) is 7.08. The Morgan fingerprint density at radius 2 is 1.88 bits per heavy atom. The van der Waals surface area contributed by atoms with E-state index in [1.807, 2.05) is 7.11 Å². The van der Waals surface area contributed by atoms with E-state index in [4.69, 9.17) is 4.74 Å². The molecule has 1 aliphatic heterocycles. The van der Waals surface area contributed by atoms with Gasteiger partial charge in [-0.05, 0) is 43.1 Å². The summed E-state index contributed by atoms with van der Waals surface area (Å²) < 4.78 is 5.39. The second-order valence-corrected chi connectivity index (χ2v) is 7.08. The minimum Gasteiger partial charge on any atom is -0.381 e. The third-order valence-corrected chi connectivity index (χ3v) is 5.07. The van der Waals surface area contributed by atoms with Crippen molar-refractivity contribution in [3.05, 3.63) is 0 Å². The molecule has 1 saturated heterocycles. The molecule has 2 aliphatic rings. The van der Waals surface area contributed by atoms with Crippen LogP contribution in [-0.4, -0.2) is 37.2 Å². The fraction of sp³-hybridized carbons (Fsp3) is 1.00. The van der Waals surface area contributed by atoms with Gasteiger partial charge in [-0.25, -0.2) is 0 Å². The molecule has 0 aromatic heterocycles. The van der Waals surface area contributed by atoms with Crippen LogP contribution in [0.2, 0.25) is 0 Å². The first-order valence-corrected chi connectivity index (χ1v) is 7.21. The van der Waals surface area contributed by atoms with Gasteiger partial charge in [0.15, 0.2) is 0 Å². The van der Waals surface area contributed by atoms with Gasteiger partial charge in [-0.3, -0.25) is 4.90 Å². The Kier molecular flexibility index (Phi) is 3.84. The van der Waals surface area contributed by atoms with Crippen LogP contribution in [-0.2, 0) is 4.74 Å². The van der Waals surface area contributed by atoms with E-state index >= 15 is 0 Å². The van der Waals surface area contributed by atoms with E-state index in [1.54, 1.807) is 0 Å². The van der Waals surface area contributed by atoms with Gasteiger partial charge >= 0.3 is 0 Å². The molecule has 1 atom stereocenters. The Morgan fingerprint density at radius 1 is 1.24 bits per heavy atom. The molecule has 2 rings (SSSR count). The van der Waals surface area contributed by atoms with E-state index in [0.29, 0.717) is 11.5 Å². The van der Waals surface area contributed by atoms with Crippen LogP contribution in [0.5, 0.6) is 0 Å². The smallest absolute Gasteiger partial charge is 0.0601 e. The molecule has 17 heavy (non-hydrogen) atoms. The van der Waals surface area contributed by atoms with Crippen molar-refractivity contribution >= 4 is 0 Å². The molecule has 0 bridgehead atoms. The third-order valence-electron chi connectivity index (χ3n) is 5.07. The van der Waals surface area contributed by atoms with E-state index in [1.165, 1.54) is 32.4 Å². The van der Waals surface area contributed by atoms with Gasteiger partial charge in [-0.1, -0.05) is 27.7 Å². The molecule has 0 unspecified atom stereocenters. The van der Waals surface area contributed by atoms with E-state index in [9.17, 15) is 0 Å². The summed E-state index contributed by atoms with van der Waals surface area (Å²) in [6.45, 7) is 12.2. The zero-order valence-electron chi connectivity index (χ0n) is 12.2. The molecule has 0 amide bonds. The highest BCUT2D eigenvalue weighted by atomic mass is 16.5. The molecule has 0 aromatic rings. The Balaban J connectivity index is 1.89. The number of nitrogens with zero attached hydrogens (tertiary/aromatic N) is 1. The summed E-state index contributed by atoms with van der Waals surface area (Å²) in [6.07, 6.45) is 4.40. The summed E-state index contributed by atoms with van der Waals surface area (Å²) >= 11 is 0. The summed E-state index contributed by atoms with van der Waals surface area (Å²) in [6, 6.07) is 0.798. The minimum atomic E-state index is 0.477. The van der Waals surface area contributed by atoms with Crippen molar-refractivity contribution in [2.24, 2.45) is 17.3 Å². The fourth-order valence-electron chi connectivity index (χ4n) is 3.99. The third kappa shape index (κ3) is 2.68. The summed E-state index contributed by atoms with van der Waals surface area (Å²) in [7, 11) is 1.84. The Hall–Kier alpha value is -0.0800. The maximum atomic E-state index is 5.39. The quantitative estimate of drug-likeness (QED) is 0.750. The van der Waals surface area contributed by atoms with Crippen molar-refractivity contribution in [2.45, 2.75) is 59.1 Å². The van der Waals surface area contributed by atoms with Gasteiger partial charge in [0.1, 0.15) is 0 Å². The molecule has 0 spiro atoms. The fourth-order valence-corrected chi connectivity index (χ4v) is 3.99. The lowest BCUT2D eigenvalue weighted by Crippen LogP contribution is -2.55. The predicted octanol–water partition coefficient (Wildman–Crippen LogP) is 3.17. The van der Waals surface area contributed by atoms with Crippen LogP contribution in [0.4, 0.5) is 0 Å². The number of piperidine rings is 1. The first-order chi connectivity index (χ1) is 7.94. The number of likely N-dealkylation sites (tertiary alicyclic amines) is 1. The number of hydrogen-bond acceptors (Lipinski definition) is 2. The lowest BCUT2D eigenvalue weighted by atomic mass is 9.68. The minimum absolute atomic E-state index is 0.477. The highest BCUT2D eigenvalue weighted by molar-refractivity contribution is 4.95. The summed E-state index contributed by atoms with van der Waals surface area (Å²) in [4.78, 5) is 2.72. The zero-order chi connectivity index (χ0) is 12.6. The van der Waals surface area contributed by atoms with Gasteiger partial charge < -0.3 is 4.74 Å². The van der Waals surface area contributed by atoms with Gasteiger partial charge in [-0.15, -0.1) is 0 Å². The number of ether oxygens (including phenoxy) is 1. The van der Waals surface area contributed by atoms with Crippen LogP contribution in [0, 0.1) is 17.3 Å². The molecule has 0 N–H and O–H groups in total. The van der Waals surface area contributed by atoms with Crippen LogP contribution >= 0.6 is 0 Å². The number of rotatable bonds is 3. The van der Waals surface area contributed by atoms with Crippen LogP contribution in [0.1, 0.15) is 47.0 Å². The highest BCUT2D eigenvalue weighted by Gasteiger charge is 2.42. The van der Waals surface area contributed by atoms with Gasteiger partial charge in [0, 0.05) is 19.7 Å². The van der Waals surface area contributed by atoms with E-state index in [-0.39, 0.29) is 0 Å². The summed E-state index contributed by atoms with van der Waals surface area (Å²) in [5.74, 6) is 1.71. The molecular weight excluding hydrogens is 210 g/mol. The average molecular weight is 239 g/mol. The van der Waals surface area contributed by atoms with Gasteiger partial charge in [0.25, 0.3) is 0 Å². The molecule has 0 aromatic carbocycles. The Labute approximate surface area is 107 Å². The molecule has 1 heterocycles. The molecule has 2 heteroatoms. The zero-order valence-corrected chi connectivity index (χ0v) is 12.2. The molecular formula is C15H29NO. The number of methoxy groups -OCH3 is 1. The Bertz CT molecular complexity index is 256. The SMILES string of the molecule is COC1CC(N2CC[C@H](C(C)C)C(C)(C)C2)C1. The molecule has 2 fully saturated rings. The average Bonchev–Trinajstić information content (AvgIpc) is 2.13. The van der Waals surface area contributed by atoms with Crippen molar-refractivity contribution in [1.29, 1.82) is 0 Å². The van der Waals surface area contributed by atoms with Crippen molar-refractivity contribution in [2.75, 3.05) is 20.2 Å². The van der Waals surface area contributed by atoms with Gasteiger partial charge in [0.05, 0.1) is 6.10 Å². The van der Waals surface area contributed by atoms with Crippen molar-refractivity contribution in [3.8, 4) is 0 Å². The highest BCUT2D eigenvalue weighted by Crippen LogP contribution is 2.42. The Morgan fingerprint density at radius 3 is 2.35 bits per heavy atom. The first kappa shape index (κ1) is 13.4. The monoisotopic (exact) mass is 239 g/mol. The predicted molar refractivity (Wildman–Crippen MR) is 72.1 cm³/mol. The van der Waals surface area contributed by atoms with E-state index in [2.05, 4.69) is 32.6 Å². The molecule has 100 valence electrons. The number of hydrogen-bond donors (Lipinski definition) is 0. The lowest BCUT2D eigenvalue weighted by Gasteiger charge is -2.52. The molecule has 1 aliphatic carbocycles. The topological polar surface area (TPSA) is 12.5 Å². The summed E-state index contributed by atoms with van der Waals surface area (Å²) in [5.41, 5.74) is 0.477. The summed E-state index contributed by atoms with van der Waals surface area (Å²) in [5, 5.41) is 0. The normalized spacial score (nSPS) is 38.1. The molecule has 2 nitrogen and oxygen atoms in total. The largest absolute Gasteiger partial charge is 0.381 e. The van der Waals surface area contributed by atoms with E-state index < -0.39 is 0 Å². The second kappa shape index (κ2) is 4.89. The first-order valence-electron chi connectivity index (χ1n) is 7.21. The van der Waals surface area contributed by atoms with Gasteiger partial charge in [-0.2, -0.15) is 0 Å². The van der Waals surface area contributed by atoms with Crippen LogP contribution in [0.15, 0.2) is 0 Å². The van der Waals surface area contributed by atoms with E-state index in [0.717, 1.165) is 17.9 Å². The van der Waals surface area contributed by atoms with Crippen LogP contribution in [0.3, 0.4) is 0 Å². The van der Waals surface area contributed by atoms with Crippen molar-refractivity contribution in [3.63, 3.8) is 0 Å². The van der Waals surface area contributed by atoms with Crippen molar-refractivity contribution in [1.82, 2.24) is 4.90 Å². The van der Waals surface area contributed by atoms with Crippen LogP contribution in [0.25, 0.3) is 0 Å². The lowest BCUT2D eigenvalue weighted by molar-refractivity contribution is -0.0664. The maximum absolute atomic E-state index is 5.39.